The molecule has 3 rings (SSSR count). The molecule has 102 valence electrons. The molecule has 0 saturated carbocycles. The number of likely N-dealkylation sites (N-methyl/N-ethyl adjacent to an activating group) is 1. The summed E-state index contributed by atoms with van der Waals surface area (Å²) in [4.78, 5) is 13.5. The molecule has 0 spiro atoms. The molecule has 19 heavy (non-hydrogen) atoms. The second-order valence-corrected chi connectivity index (χ2v) is 5.32. The summed E-state index contributed by atoms with van der Waals surface area (Å²) in [6.07, 6.45) is -0.166. The lowest BCUT2D eigenvalue weighted by atomic mass is 10.1. The maximum Gasteiger partial charge on any atom is 0.257 e. The molecule has 2 aliphatic heterocycles. The van der Waals surface area contributed by atoms with E-state index in [2.05, 4.69) is 10.2 Å². The molecule has 1 aromatic rings. The van der Waals surface area contributed by atoms with Gasteiger partial charge in [-0.2, -0.15) is 0 Å². The zero-order chi connectivity index (χ0) is 13.6. The Labute approximate surface area is 116 Å². The third-order valence-electron chi connectivity index (χ3n) is 3.75. The zero-order valence-corrected chi connectivity index (χ0v) is 11.3. The van der Waals surface area contributed by atoms with Gasteiger partial charge in [0.15, 0.2) is 6.10 Å². The third kappa shape index (κ3) is 2.08. The van der Waals surface area contributed by atoms with Crippen LogP contribution in [0.15, 0.2) is 12.1 Å². The van der Waals surface area contributed by atoms with Gasteiger partial charge in [0.2, 0.25) is 0 Å². The quantitative estimate of drug-likeness (QED) is 0.864. The number of hydrogen-bond acceptors (Lipinski definition) is 4. The van der Waals surface area contributed by atoms with Crippen LogP contribution in [0.25, 0.3) is 0 Å². The van der Waals surface area contributed by atoms with Crippen molar-refractivity contribution in [2.75, 3.05) is 30.5 Å². The van der Waals surface area contributed by atoms with E-state index in [0.717, 1.165) is 18.7 Å². The highest BCUT2D eigenvalue weighted by atomic mass is 35.5. The summed E-state index contributed by atoms with van der Waals surface area (Å²) >= 11 is 6.26. The first-order chi connectivity index (χ1) is 9.08. The fourth-order valence-corrected chi connectivity index (χ4v) is 2.85. The number of fused-ring (bicyclic) bond motifs is 1. The molecule has 2 N–H and O–H groups in total. The molecule has 0 radical (unpaired) electrons. The number of ether oxygens (including phenoxy) is 1. The first-order valence-electron chi connectivity index (χ1n) is 6.21. The van der Waals surface area contributed by atoms with E-state index in [0.29, 0.717) is 22.9 Å². The number of amides is 1. The van der Waals surface area contributed by atoms with Crippen molar-refractivity contribution < 1.29 is 14.6 Å². The molecule has 2 heterocycles. The van der Waals surface area contributed by atoms with Crippen LogP contribution in [0.2, 0.25) is 5.02 Å². The number of nitrogens with one attached hydrogen (secondary N) is 1. The smallest absolute Gasteiger partial charge is 0.257 e. The van der Waals surface area contributed by atoms with E-state index in [1.807, 2.05) is 13.1 Å². The molecule has 6 heteroatoms. The van der Waals surface area contributed by atoms with Crippen molar-refractivity contribution in [1.29, 1.82) is 0 Å². The summed E-state index contributed by atoms with van der Waals surface area (Å²) in [6.45, 7) is 1.44. The molecule has 2 atom stereocenters. The van der Waals surface area contributed by atoms with Crippen LogP contribution in [0.5, 0.6) is 0 Å². The molecule has 1 saturated heterocycles. The molecule has 0 aliphatic carbocycles. The van der Waals surface area contributed by atoms with Gasteiger partial charge >= 0.3 is 0 Å². The van der Waals surface area contributed by atoms with Gasteiger partial charge in [-0.25, -0.2) is 0 Å². The van der Waals surface area contributed by atoms with Crippen molar-refractivity contribution in [3.63, 3.8) is 0 Å². The van der Waals surface area contributed by atoms with E-state index in [1.165, 1.54) is 0 Å². The first-order valence-corrected chi connectivity index (χ1v) is 6.58. The van der Waals surface area contributed by atoms with Gasteiger partial charge < -0.3 is 20.1 Å². The average Bonchev–Trinajstić information content (AvgIpc) is 3.00. The Kier molecular flexibility index (Phi) is 3.12. The topological polar surface area (TPSA) is 61.8 Å². The summed E-state index contributed by atoms with van der Waals surface area (Å²) in [6, 6.07) is 3.75. The number of hydrogen-bond donors (Lipinski definition) is 2. The summed E-state index contributed by atoms with van der Waals surface area (Å²) in [5.74, 6) is -0.407. The molecule has 0 bridgehead atoms. The molecule has 5 nitrogen and oxygen atoms in total. The second kappa shape index (κ2) is 4.67. The Bertz CT molecular complexity index is 529. The maximum absolute atomic E-state index is 11.4. The monoisotopic (exact) mass is 282 g/mol. The van der Waals surface area contributed by atoms with Crippen LogP contribution in [-0.4, -0.2) is 37.3 Å². The van der Waals surface area contributed by atoms with Crippen molar-refractivity contribution >= 4 is 28.9 Å². The average molecular weight is 283 g/mol. The molecule has 1 fully saturated rings. The Morgan fingerprint density at radius 1 is 1.53 bits per heavy atom. The van der Waals surface area contributed by atoms with E-state index in [-0.39, 0.29) is 6.04 Å². The molecule has 1 amide bonds. The van der Waals surface area contributed by atoms with E-state index < -0.39 is 12.0 Å². The van der Waals surface area contributed by atoms with Crippen molar-refractivity contribution in [3.05, 3.63) is 22.7 Å². The molecule has 2 unspecified atom stereocenters. The number of nitrogens with zero attached hydrogens (tertiary/aromatic N) is 1. The minimum Gasteiger partial charge on any atom is -0.379 e. The lowest BCUT2D eigenvalue weighted by Gasteiger charge is -2.27. The van der Waals surface area contributed by atoms with E-state index in [4.69, 9.17) is 16.3 Å². The van der Waals surface area contributed by atoms with Crippen molar-refractivity contribution in [2.24, 2.45) is 0 Å². The SMILES string of the molecule is CN(c1cc2c(cc1Cl)C(O)C(=O)N2)C1CCOC1. The highest BCUT2D eigenvalue weighted by molar-refractivity contribution is 6.33. The lowest BCUT2D eigenvalue weighted by molar-refractivity contribution is -0.123. The van der Waals surface area contributed by atoms with Crippen LogP contribution in [0, 0.1) is 0 Å². The number of carbonyl (C=O) groups excluding carboxylic acids is 1. The zero-order valence-electron chi connectivity index (χ0n) is 10.5. The number of aliphatic hydroxyl groups excluding tert-OH is 1. The summed E-state index contributed by atoms with van der Waals surface area (Å²) in [5.41, 5.74) is 2.00. The third-order valence-corrected chi connectivity index (χ3v) is 4.06. The number of anilines is 2. The van der Waals surface area contributed by atoms with Crippen LogP contribution in [-0.2, 0) is 9.53 Å². The van der Waals surface area contributed by atoms with Gasteiger partial charge in [-0.15, -0.1) is 0 Å². The fraction of sp³-hybridized carbons (Fsp3) is 0.462. The van der Waals surface area contributed by atoms with Gasteiger partial charge in [-0.05, 0) is 18.6 Å². The van der Waals surface area contributed by atoms with Crippen molar-refractivity contribution in [3.8, 4) is 0 Å². The van der Waals surface area contributed by atoms with Gasteiger partial charge in [0.1, 0.15) is 0 Å². The number of carbonyl (C=O) groups is 1. The normalized spacial score (nSPS) is 25.3. The minimum atomic E-state index is -1.12. The fourth-order valence-electron chi connectivity index (χ4n) is 2.55. The number of benzene rings is 1. The first kappa shape index (κ1) is 12.7. The van der Waals surface area contributed by atoms with Crippen LogP contribution < -0.4 is 10.2 Å². The molecule has 2 aliphatic rings. The molecule has 1 aromatic carbocycles. The Morgan fingerprint density at radius 2 is 2.32 bits per heavy atom. The van der Waals surface area contributed by atoms with E-state index >= 15 is 0 Å². The Morgan fingerprint density at radius 3 is 3.00 bits per heavy atom. The van der Waals surface area contributed by atoms with E-state index in [1.54, 1.807) is 6.07 Å². The summed E-state index contributed by atoms with van der Waals surface area (Å²) in [7, 11) is 1.96. The van der Waals surface area contributed by atoms with Gasteiger partial charge in [0.05, 0.1) is 23.4 Å². The van der Waals surface area contributed by atoms with Crippen LogP contribution in [0.4, 0.5) is 11.4 Å². The predicted molar refractivity (Wildman–Crippen MR) is 72.7 cm³/mol. The van der Waals surface area contributed by atoms with Crippen molar-refractivity contribution in [1.82, 2.24) is 0 Å². The number of aliphatic hydroxyl groups is 1. The highest BCUT2D eigenvalue weighted by Gasteiger charge is 2.31. The maximum atomic E-state index is 11.4. The summed E-state index contributed by atoms with van der Waals surface area (Å²) in [5, 5.41) is 12.9. The van der Waals surface area contributed by atoms with Crippen LogP contribution in [0.3, 0.4) is 0 Å². The number of halogens is 1. The standard InChI is InChI=1S/C13H15ClN2O3/c1-16(7-2-3-19-6-7)11-5-10-8(4-9(11)14)12(17)13(18)15-10/h4-5,7,12,17H,2-3,6H2,1H3,(H,15,18). The second-order valence-electron chi connectivity index (χ2n) is 4.91. The molecule has 0 aromatic heterocycles. The minimum absolute atomic E-state index is 0.289. The van der Waals surface area contributed by atoms with Gasteiger partial charge in [-0.3, -0.25) is 4.79 Å². The highest BCUT2D eigenvalue weighted by Crippen LogP contribution is 2.39. The Balaban J connectivity index is 1.95. The summed E-state index contributed by atoms with van der Waals surface area (Å²) < 4.78 is 5.37. The van der Waals surface area contributed by atoms with Crippen molar-refractivity contribution in [2.45, 2.75) is 18.6 Å². The van der Waals surface area contributed by atoms with Gasteiger partial charge in [0, 0.05) is 24.9 Å². The lowest BCUT2D eigenvalue weighted by Crippen LogP contribution is -2.32. The Hall–Kier alpha value is -1.30. The predicted octanol–water partition coefficient (Wildman–Crippen LogP) is 1.55. The van der Waals surface area contributed by atoms with Crippen LogP contribution in [0.1, 0.15) is 18.1 Å². The molecular weight excluding hydrogens is 268 g/mol. The van der Waals surface area contributed by atoms with Gasteiger partial charge in [-0.1, -0.05) is 11.6 Å². The number of rotatable bonds is 2. The van der Waals surface area contributed by atoms with Crippen LogP contribution >= 0.6 is 11.6 Å². The molecular formula is C13H15ClN2O3. The van der Waals surface area contributed by atoms with Gasteiger partial charge in [0.25, 0.3) is 5.91 Å². The van der Waals surface area contributed by atoms with E-state index in [9.17, 15) is 9.90 Å². The largest absolute Gasteiger partial charge is 0.379 e.